The van der Waals surface area contributed by atoms with Crippen molar-refractivity contribution in [3.8, 4) is 0 Å². The van der Waals surface area contributed by atoms with Crippen LogP contribution in [0.5, 0.6) is 0 Å². The molecule has 1 N–H and O–H groups in total. The number of benzene rings is 2. The maximum absolute atomic E-state index is 12.1. The molecular weight excluding hydrogens is 317 g/mol. The first-order valence-corrected chi connectivity index (χ1v) is 8.05. The first-order valence-electron chi connectivity index (χ1n) is 7.29. The average Bonchev–Trinajstić information content (AvgIpc) is 2.50. The number of anilines is 1. The molecule has 0 aliphatic heterocycles. The van der Waals surface area contributed by atoms with Crippen LogP contribution < -0.4 is 5.32 Å². The summed E-state index contributed by atoms with van der Waals surface area (Å²) >= 11 is 11.8. The van der Waals surface area contributed by atoms with Crippen molar-refractivity contribution in [2.75, 3.05) is 11.9 Å². The summed E-state index contributed by atoms with van der Waals surface area (Å²) in [6.45, 7) is 4.91. The second-order valence-corrected chi connectivity index (χ2v) is 6.32. The topological polar surface area (TPSA) is 29.1 Å². The van der Waals surface area contributed by atoms with Crippen LogP contribution in [-0.2, 0) is 0 Å². The Balaban J connectivity index is 1.87. The minimum Gasteiger partial charge on any atom is -0.385 e. The van der Waals surface area contributed by atoms with Crippen LogP contribution in [0.1, 0.15) is 42.1 Å². The third-order valence-electron chi connectivity index (χ3n) is 3.50. The normalized spacial score (nSPS) is 10.8. The summed E-state index contributed by atoms with van der Waals surface area (Å²) in [5.41, 5.74) is 2.91. The zero-order valence-electron chi connectivity index (χ0n) is 12.7. The minimum atomic E-state index is 0.0462. The van der Waals surface area contributed by atoms with E-state index in [0.717, 1.165) is 5.69 Å². The monoisotopic (exact) mass is 335 g/mol. The van der Waals surface area contributed by atoms with Crippen LogP contribution in [0.15, 0.2) is 42.5 Å². The van der Waals surface area contributed by atoms with Gasteiger partial charge in [-0.05, 0) is 41.8 Å². The lowest BCUT2D eigenvalue weighted by Crippen LogP contribution is -2.09. The molecule has 4 heteroatoms. The number of nitrogens with one attached hydrogen (secondary N) is 1. The second kappa shape index (κ2) is 7.66. The number of rotatable bonds is 6. The molecule has 0 atom stereocenters. The molecule has 0 unspecified atom stereocenters. The number of hydrogen-bond acceptors (Lipinski definition) is 2. The van der Waals surface area contributed by atoms with Gasteiger partial charge in [0.15, 0.2) is 5.78 Å². The van der Waals surface area contributed by atoms with E-state index in [1.165, 1.54) is 5.56 Å². The molecule has 0 aliphatic rings. The molecule has 0 saturated carbocycles. The first kappa shape index (κ1) is 16.9. The minimum absolute atomic E-state index is 0.0462. The number of Topliss-reactive ketones (excluding diaryl/α,β-unsaturated/α-hetero) is 1. The van der Waals surface area contributed by atoms with Gasteiger partial charge in [0.2, 0.25) is 0 Å². The smallest absolute Gasteiger partial charge is 0.164 e. The van der Waals surface area contributed by atoms with Crippen LogP contribution in [-0.4, -0.2) is 12.3 Å². The van der Waals surface area contributed by atoms with E-state index in [1.54, 1.807) is 18.2 Å². The molecule has 22 heavy (non-hydrogen) atoms. The van der Waals surface area contributed by atoms with Crippen molar-refractivity contribution in [3.63, 3.8) is 0 Å². The van der Waals surface area contributed by atoms with Crippen LogP contribution >= 0.6 is 23.2 Å². The highest BCUT2D eigenvalue weighted by Gasteiger charge is 2.08. The predicted molar refractivity (Wildman–Crippen MR) is 94.4 cm³/mol. The molecule has 116 valence electrons. The van der Waals surface area contributed by atoms with E-state index >= 15 is 0 Å². The second-order valence-electron chi connectivity index (χ2n) is 5.51. The van der Waals surface area contributed by atoms with Crippen LogP contribution in [0.3, 0.4) is 0 Å². The first-order chi connectivity index (χ1) is 10.5. The van der Waals surface area contributed by atoms with E-state index in [-0.39, 0.29) is 5.78 Å². The molecule has 2 rings (SSSR count). The molecule has 0 aliphatic carbocycles. The predicted octanol–water partition coefficient (Wildman–Crippen LogP) is 5.80. The summed E-state index contributed by atoms with van der Waals surface area (Å²) in [6, 6.07) is 13.3. The molecule has 2 nitrogen and oxygen atoms in total. The van der Waals surface area contributed by atoms with Crippen molar-refractivity contribution in [3.05, 3.63) is 63.6 Å². The molecule has 0 bridgehead atoms. The quantitative estimate of drug-likeness (QED) is 0.675. The molecule has 0 aromatic heterocycles. The van der Waals surface area contributed by atoms with E-state index in [1.807, 2.05) is 12.1 Å². The van der Waals surface area contributed by atoms with Gasteiger partial charge in [-0.1, -0.05) is 49.2 Å². The Morgan fingerprint density at radius 2 is 1.73 bits per heavy atom. The molecular formula is C18H19Cl2NO. The van der Waals surface area contributed by atoms with E-state index in [2.05, 4.69) is 31.3 Å². The van der Waals surface area contributed by atoms with Crippen LogP contribution in [0.2, 0.25) is 10.0 Å². The molecule has 0 radical (unpaired) electrons. The number of carbonyl (C=O) groups is 1. The molecule has 2 aromatic rings. The summed E-state index contributed by atoms with van der Waals surface area (Å²) in [6.07, 6.45) is 0.407. The summed E-state index contributed by atoms with van der Waals surface area (Å²) in [5, 5.41) is 4.12. The maximum Gasteiger partial charge on any atom is 0.164 e. The third-order valence-corrected chi connectivity index (χ3v) is 4.24. The highest BCUT2D eigenvalue weighted by molar-refractivity contribution is 6.42. The fourth-order valence-corrected chi connectivity index (χ4v) is 2.42. The van der Waals surface area contributed by atoms with Crippen molar-refractivity contribution >= 4 is 34.7 Å². The van der Waals surface area contributed by atoms with Crippen molar-refractivity contribution < 1.29 is 4.79 Å². The lowest BCUT2D eigenvalue weighted by molar-refractivity contribution is 0.0986. The lowest BCUT2D eigenvalue weighted by atomic mass is 10.0. The van der Waals surface area contributed by atoms with Gasteiger partial charge in [-0.2, -0.15) is 0 Å². The van der Waals surface area contributed by atoms with Gasteiger partial charge in [0.1, 0.15) is 0 Å². The van der Waals surface area contributed by atoms with Crippen LogP contribution in [0.25, 0.3) is 0 Å². The van der Waals surface area contributed by atoms with Gasteiger partial charge in [-0.3, -0.25) is 4.79 Å². The molecule has 0 saturated heterocycles. The molecule has 0 spiro atoms. The summed E-state index contributed by atoms with van der Waals surface area (Å²) in [7, 11) is 0. The van der Waals surface area contributed by atoms with Gasteiger partial charge < -0.3 is 5.32 Å². The number of hydrogen-bond donors (Lipinski definition) is 1. The Hall–Kier alpha value is -1.51. The zero-order valence-corrected chi connectivity index (χ0v) is 14.2. The Bertz CT molecular complexity index is 651. The Morgan fingerprint density at radius 1 is 1.05 bits per heavy atom. The maximum atomic E-state index is 12.1. The molecule has 0 heterocycles. The summed E-state index contributed by atoms with van der Waals surface area (Å²) in [5.74, 6) is 0.565. The van der Waals surface area contributed by atoms with E-state index in [4.69, 9.17) is 23.2 Å². The van der Waals surface area contributed by atoms with Crippen molar-refractivity contribution in [1.29, 1.82) is 0 Å². The van der Waals surface area contributed by atoms with Gasteiger partial charge in [-0.25, -0.2) is 0 Å². The fourth-order valence-electron chi connectivity index (χ4n) is 2.12. The zero-order chi connectivity index (χ0) is 16.1. The van der Waals surface area contributed by atoms with E-state index < -0.39 is 0 Å². The van der Waals surface area contributed by atoms with Gasteiger partial charge in [-0.15, -0.1) is 0 Å². The summed E-state index contributed by atoms with van der Waals surface area (Å²) < 4.78 is 0. The van der Waals surface area contributed by atoms with Crippen molar-refractivity contribution in [1.82, 2.24) is 0 Å². The largest absolute Gasteiger partial charge is 0.385 e. The van der Waals surface area contributed by atoms with Gasteiger partial charge >= 0.3 is 0 Å². The molecule has 0 fully saturated rings. The number of carbonyl (C=O) groups excluding carboxylic acids is 1. The Morgan fingerprint density at radius 3 is 2.32 bits per heavy atom. The average molecular weight is 336 g/mol. The number of ketones is 1. The highest BCUT2D eigenvalue weighted by Crippen LogP contribution is 2.23. The Kier molecular flexibility index (Phi) is 5.87. The molecule has 2 aromatic carbocycles. The van der Waals surface area contributed by atoms with Crippen molar-refractivity contribution in [2.24, 2.45) is 0 Å². The van der Waals surface area contributed by atoms with Gasteiger partial charge in [0.25, 0.3) is 0 Å². The van der Waals surface area contributed by atoms with Gasteiger partial charge in [0.05, 0.1) is 10.0 Å². The standard InChI is InChI=1S/C18H19Cl2NO/c1-12(2)13-3-6-15(7-4-13)21-10-9-18(22)14-5-8-16(19)17(20)11-14/h3-8,11-12,21H,9-10H2,1-2H3. The summed E-state index contributed by atoms with van der Waals surface area (Å²) in [4.78, 5) is 12.1. The third kappa shape index (κ3) is 4.49. The van der Waals surface area contributed by atoms with Gasteiger partial charge in [0, 0.05) is 24.2 Å². The number of halogens is 2. The highest BCUT2D eigenvalue weighted by atomic mass is 35.5. The van der Waals surface area contributed by atoms with E-state index in [9.17, 15) is 4.79 Å². The van der Waals surface area contributed by atoms with Crippen LogP contribution in [0, 0.1) is 0 Å². The lowest BCUT2D eigenvalue weighted by Gasteiger charge is -2.09. The van der Waals surface area contributed by atoms with E-state index in [0.29, 0.717) is 34.5 Å². The molecule has 0 amide bonds. The van der Waals surface area contributed by atoms with Crippen LogP contribution in [0.4, 0.5) is 5.69 Å². The fraction of sp³-hybridized carbons (Fsp3) is 0.278. The Labute approximate surface area is 141 Å². The SMILES string of the molecule is CC(C)c1ccc(NCCC(=O)c2ccc(Cl)c(Cl)c2)cc1. The van der Waals surface area contributed by atoms with Crippen molar-refractivity contribution in [2.45, 2.75) is 26.2 Å².